The van der Waals surface area contributed by atoms with E-state index in [9.17, 15) is 14.0 Å². The minimum Gasteiger partial charge on any atom is -0.320 e. The van der Waals surface area contributed by atoms with Gasteiger partial charge in [-0.3, -0.25) is 14.5 Å². The standard InChI is InChI=1S/C25H16BrFN4O2S/c1-14-4-2-3-5-20(14)31-24(33)21(12-15-6-9-17(27)10-7-15)34-25(31)30-29-22-18-13-16(26)8-11-19(18)28-23(22)32/h2-13H,1H3,(H,28,29,32). The van der Waals surface area contributed by atoms with Gasteiger partial charge in [-0.05, 0) is 72.3 Å². The molecule has 3 aromatic carbocycles. The van der Waals surface area contributed by atoms with E-state index in [1.165, 1.54) is 17.0 Å². The molecule has 1 N–H and O–H groups in total. The molecule has 0 saturated carbocycles. The summed E-state index contributed by atoms with van der Waals surface area (Å²) in [6.45, 7) is 1.90. The van der Waals surface area contributed by atoms with Crippen LogP contribution in [0.4, 0.5) is 15.8 Å². The van der Waals surface area contributed by atoms with E-state index in [0.717, 1.165) is 21.8 Å². The number of fused-ring (bicyclic) bond motifs is 1. The van der Waals surface area contributed by atoms with Gasteiger partial charge < -0.3 is 5.32 Å². The Hall–Kier alpha value is -3.56. The number of carbonyl (C=O) groups is 2. The van der Waals surface area contributed by atoms with Crippen molar-refractivity contribution in [1.82, 2.24) is 0 Å². The van der Waals surface area contributed by atoms with E-state index in [1.54, 1.807) is 30.3 Å². The van der Waals surface area contributed by atoms with E-state index in [4.69, 9.17) is 0 Å². The number of aryl methyl sites for hydroxylation is 1. The lowest BCUT2D eigenvalue weighted by Crippen LogP contribution is -2.29. The summed E-state index contributed by atoms with van der Waals surface area (Å²) in [5.41, 5.74) is 3.67. The van der Waals surface area contributed by atoms with Crippen LogP contribution in [0.25, 0.3) is 6.08 Å². The number of benzene rings is 3. The van der Waals surface area contributed by atoms with Crippen molar-refractivity contribution >= 4 is 67.8 Å². The van der Waals surface area contributed by atoms with Crippen LogP contribution in [0, 0.1) is 12.7 Å². The Morgan fingerprint density at radius 1 is 1.03 bits per heavy atom. The molecule has 1 saturated heterocycles. The van der Waals surface area contributed by atoms with Gasteiger partial charge in [0, 0.05) is 10.0 Å². The maximum atomic E-state index is 13.4. The Balaban J connectivity index is 1.59. The summed E-state index contributed by atoms with van der Waals surface area (Å²) in [4.78, 5) is 27.8. The molecule has 34 heavy (non-hydrogen) atoms. The topological polar surface area (TPSA) is 74.1 Å². The number of amidine groups is 1. The monoisotopic (exact) mass is 534 g/mol. The number of nitrogens with one attached hydrogen (secondary N) is 1. The summed E-state index contributed by atoms with van der Waals surface area (Å²) in [6, 6.07) is 18.7. The van der Waals surface area contributed by atoms with Crippen molar-refractivity contribution in [2.45, 2.75) is 6.92 Å². The zero-order valence-electron chi connectivity index (χ0n) is 17.8. The van der Waals surface area contributed by atoms with Gasteiger partial charge in [-0.15, -0.1) is 10.2 Å². The first-order chi connectivity index (χ1) is 16.4. The van der Waals surface area contributed by atoms with Crippen LogP contribution in [-0.4, -0.2) is 22.7 Å². The van der Waals surface area contributed by atoms with Gasteiger partial charge in [0.05, 0.1) is 16.3 Å². The van der Waals surface area contributed by atoms with E-state index in [0.29, 0.717) is 32.6 Å². The zero-order chi connectivity index (χ0) is 23.8. The first-order valence-corrected chi connectivity index (χ1v) is 11.8. The number of para-hydroxylation sites is 1. The van der Waals surface area contributed by atoms with Crippen LogP contribution in [0.5, 0.6) is 0 Å². The number of halogens is 2. The maximum Gasteiger partial charge on any atom is 0.276 e. The second kappa shape index (κ2) is 9.00. The quantitative estimate of drug-likeness (QED) is 0.344. The minimum atomic E-state index is -0.365. The average molecular weight is 535 g/mol. The van der Waals surface area contributed by atoms with E-state index in [-0.39, 0.29) is 23.3 Å². The fourth-order valence-corrected chi connectivity index (χ4v) is 4.88. The Kier molecular flexibility index (Phi) is 5.89. The van der Waals surface area contributed by atoms with Gasteiger partial charge in [-0.25, -0.2) is 4.39 Å². The number of nitrogens with zero attached hydrogens (tertiary/aromatic N) is 3. The summed E-state index contributed by atoms with van der Waals surface area (Å²) in [5, 5.41) is 11.7. The Morgan fingerprint density at radius 2 is 1.79 bits per heavy atom. The molecule has 2 amide bonds. The van der Waals surface area contributed by atoms with Crippen LogP contribution in [0.2, 0.25) is 0 Å². The molecular formula is C25H16BrFN4O2S. The molecule has 0 bridgehead atoms. The third-order valence-electron chi connectivity index (χ3n) is 5.27. The van der Waals surface area contributed by atoms with Crippen LogP contribution in [0.15, 0.2) is 86.3 Å². The van der Waals surface area contributed by atoms with Crippen LogP contribution in [-0.2, 0) is 9.59 Å². The minimum absolute atomic E-state index is 0.164. The summed E-state index contributed by atoms with van der Waals surface area (Å²) < 4.78 is 14.1. The molecule has 3 aromatic rings. The molecule has 1 fully saturated rings. The van der Waals surface area contributed by atoms with Crippen molar-refractivity contribution in [1.29, 1.82) is 0 Å². The number of thioether (sulfide) groups is 1. The SMILES string of the molecule is Cc1ccccc1N1C(=O)C(=Cc2ccc(F)cc2)SC1=NN=C1C(=O)Nc2ccc(Br)cc21. The van der Waals surface area contributed by atoms with Crippen molar-refractivity contribution in [2.24, 2.45) is 10.2 Å². The van der Waals surface area contributed by atoms with Crippen molar-refractivity contribution in [3.05, 3.63) is 98.6 Å². The van der Waals surface area contributed by atoms with Gasteiger partial charge in [0.2, 0.25) is 5.17 Å². The molecule has 0 radical (unpaired) electrons. The molecule has 2 aliphatic rings. The average Bonchev–Trinajstić information content (AvgIpc) is 3.29. The fourth-order valence-electron chi connectivity index (χ4n) is 3.60. The summed E-state index contributed by atoms with van der Waals surface area (Å²) in [7, 11) is 0. The van der Waals surface area contributed by atoms with Crippen LogP contribution >= 0.6 is 27.7 Å². The van der Waals surface area contributed by atoms with Crippen LogP contribution < -0.4 is 10.2 Å². The van der Waals surface area contributed by atoms with E-state index in [2.05, 4.69) is 31.4 Å². The fraction of sp³-hybridized carbons (Fsp3) is 0.0400. The largest absolute Gasteiger partial charge is 0.320 e. The highest BCUT2D eigenvalue weighted by molar-refractivity contribution is 9.10. The number of carbonyl (C=O) groups excluding carboxylic acids is 2. The maximum absolute atomic E-state index is 13.4. The van der Waals surface area contributed by atoms with Gasteiger partial charge >= 0.3 is 0 Å². The molecule has 9 heteroatoms. The number of amides is 2. The molecule has 0 spiro atoms. The molecule has 0 aromatic heterocycles. The van der Waals surface area contributed by atoms with Crippen molar-refractivity contribution in [3.8, 4) is 0 Å². The van der Waals surface area contributed by atoms with Gasteiger partial charge in [0.25, 0.3) is 11.8 Å². The number of hydrogen-bond donors (Lipinski definition) is 1. The van der Waals surface area contributed by atoms with Gasteiger partial charge in [-0.2, -0.15) is 0 Å². The molecule has 0 unspecified atom stereocenters. The first-order valence-electron chi connectivity index (χ1n) is 10.2. The molecular weight excluding hydrogens is 519 g/mol. The highest BCUT2D eigenvalue weighted by Gasteiger charge is 2.36. The normalized spacial score (nSPS) is 18.8. The Bertz CT molecular complexity index is 1430. The van der Waals surface area contributed by atoms with Crippen LogP contribution in [0.1, 0.15) is 16.7 Å². The predicted molar refractivity (Wildman–Crippen MR) is 137 cm³/mol. The second-order valence-corrected chi connectivity index (χ2v) is 9.49. The van der Waals surface area contributed by atoms with Gasteiger partial charge in [-0.1, -0.05) is 46.3 Å². The van der Waals surface area contributed by atoms with Crippen molar-refractivity contribution in [2.75, 3.05) is 10.2 Å². The van der Waals surface area contributed by atoms with E-state index in [1.807, 2.05) is 37.3 Å². The summed E-state index contributed by atoms with van der Waals surface area (Å²) >= 11 is 4.56. The zero-order valence-corrected chi connectivity index (χ0v) is 20.2. The van der Waals surface area contributed by atoms with Crippen molar-refractivity contribution < 1.29 is 14.0 Å². The smallest absolute Gasteiger partial charge is 0.276 e. The third kappa shape index (κ3) is 4.20. The number of anilines is 2. The highest BCUT2D eigenvalue weighted by Crippen LogP contribution is 2.37. The summed E-state index contributed by atoms with van der Waals surface area (Å²) in [5.74, 6) is -0.994. The molecule has 168 valence electrons. The lowest BCUT2D eigenvalue weighted by atomic mass is 10.1. The lowest BCUT2D eigenvalue weighted by Gasteiger charge is -2.17. The molecule has 2 heterocycles. The van der Waals surface area contributed by atoms with E-state index >= 15 is 0 Å². The number of hydrogen-bond acceptors (Lipinski definition) is 5. The van der Waals surface area contributed by atoms with Gasteiger partial charge in [0.1, 0.15) is 5.82 Å². The Labute approximate surface area is 207 Å². The second-order valence-electron chi connectivity index (χ2n) is 7.56. The number of rotatable bonds is 3. The van der Waals surface area contributed by atoms with Crippen molar-refractivity contribution in [3.63, 3.8) is 0 Å². The third-order valence-corrected chi connectivity index (χ3v) is 6.72. The van der Waals surface area contributed by atoms with Gasteiger partial charge in [0.15, 0.2) is 5.71 Å². The molecule has 5 rings (SSSR count). The summed E-state index contributed by atoms with van der Waals surface area (Å²) in [6.07, 6.45) is 1.68. The molecule has 6 nitrogen and oxygen atoms in total. The molecule has 2 aliphatic heterocycles. The highest BCUT2D eigenvalue weighted by atomic mass is 79.9. The van der Waals surface area contributed by atoms with E-state index < -0.39 is 0 Å². The van der Waals surface area contributed by atoms with Crippen LogP contribution in [0.3, 0.4) is 0 Å². The first kappa shape index (κ1) is 22.2. The molecule has 0 aliphatic carbocycles. The predicted octanol–water partition coefficient (Wildman–Crippen LogP) is 5.73. The Morgan fingerprint density at radius 3 is 2.56 bits per heavy atom. The molecule has 0 atom stereocenters. The lowest BCUT2D eigenvalue weighted by molar-refractivity contribution is -0.113.